The summed E-state index contributed by atoms with van der Waals surface area (Å²) in [6, 6.07) is 20.4. The van der Waals surface area contributed by atoms with E-state index in [1.54, 1.807) is 18.4 Å². The molecule has 164 valence electrons. The maximum atomic E-state index is 13.2. The molecule has 0 spiro atoms. The summed E-state index contributed by atoms with van der Waals surface area (Å²) < 4.78 is 20.5. The van der Waals surface area contributed by atoms with Crippen molar-refractivity contribution in [2.45, 2.75) is 11.7 Å². The minimum atomic E-state index is -0.391. The van der Waals surface area contributed by atoms with E-state index < -0.39 is 5.82 Å². The molecule has 0 saturated carbocycles. The number of carbonyl (C=O) groups excluding carboxylic acids is 1. The fraction of sp³-hybridized carbons (Fsp3) is 0.0800. The molecule has 0 bridgehead atoms. The van der Waals surface area contributed by atoms with Crippen molar-refractivity contribution in [3.8, 4) is 17.1 Å². The zero-order chi connectivity index (χ0) is 22.8. The van der Waals surface area contributed by atoms with Crippen molar-refractivity contribution in [3.63, 3.8) is 0 Å². The van der Waals surface area contributed by atoms with Crippen LogP contribution in [-0.2, 0) is 6.54 Å². The summed E-state index contributed by atoms with van der Waals surface area (Å²) in [7, 11) is 0. The molecule has 0 aliphatic rings. The van der Waals surface area contributed by atoms with E-state index in [0.29, 0.717) is 34.4 Å². The van der Waals surface area contributed by atoms with E-state index in [2.05, 4.69) is 10.2 Å². The maximum absolute atomic E-state index is 13.2. The Morgan fingerprint density at radius 1 is 1.00 bits per heavy atom. The average Bonchev–Trinajstić information content (AvgIpc) is 3.48. The Morgan fingerprint density at radius 3 is 2.48 bits per heavy atom. The summed E-state index contributed by atoms with van der Waals surface area (Å²) >= 11 is 1.22. The predicted molar refractivity (Wildman–Crippen MR) is 124 cm³/mol. The average molecular weight is 460 g/mol. The van der Waals surface area contributed by atoms with E-state index in [9.17, 15) is 14.3 Å². The van der Waals surface area contributed by atoms with Gasteiger partial charge in [-0.2, -0.15) is 0 Å². The van der Waals surface area contributed by atoms with Crippen LogP contribution in [0.15, 0.2) is 88.6 Å². The molecule has 2 heterocycles. The Morgan fingerprint density at radius 2 is 1.76 bits per heavy atom. The Bertz CT molecular complexity index is 1430. The summed E-state index contributed by atoms with van der Waals surface area (Å²) in [6.07, 6.45) is 1.58. The first-order valence-corrected chi connectivity index (χ1v) is 11.2. The third-order valence-corrected chi connectivity index (χ3v) is 6.18. The molecule has 0 fully saturated rings. The summed E-state index contributed by atoms with van der Waals surface area (Å²) in [5, 5.41) is 21.7. The van der Waals surface area contributed by atoms with Gasteiger partial charge in [-0.3, -0.25) is 9.36 Å². The van der Waals surface area contributed by atoms with Gasteiger partial charge in [-0.25, -0.2) is 4.39 Å². The van der Waals surface area contributed by atoms with Gasteiger partial charge in [-0.05, 0) is 59.3 Å². The molecule has 0 radical (unpaired) electrons. The predicted octanol–water partition coefficient (Wildman–Crippen LogP) is 5.56. The second-order valence-electron chi connectivity index (χ2n) is 7.41. The van der Waals surface area contributed by atoms with Gasteiger partial charge in [0.2, 0.25) is 0 Å². The Kier molecular flexibility index (Phi) is 5.66. The molecule has 0 saturated heterocycles. The largest absolute Gasteiger partial charge is 0.507 e. The van der Waals surface area contributed by atoms with Crippen LogP contribution in [0.25, 0.3) is 22.2 Å². The molecular formula is C25H18FN3O3S. The lowest BCUT2D eigenvalue weighted by atomic mass is 10.1. The molecule has 33 heavy (non-hydrogen) atoms. The molecular weight excluding hydrogens is 441 g/mol. The number of fused-ring (bicyclic) bond motifs is 1. The van der Waals surface area contributed by atoms with E-state index in [1.807, 2.05) is 41.0 Å². The number of hydrogen-bond donors (Lipinski definition) is 1. The van der Waals surface area contributed by atoms with E-state index in [1.165, 1.54) is 36.0 Å². The number of rotatable bonds is 7. The van der Waals surface area contributed by atoms with Gasteiger partial charge in [-0.15, -0.1) is 10.2 Å². The Hall–Kier alpha value is -3.91. The molecule has 5 rings (SSSR count). The first-order chi connectivity index (χ1) is 16.1. The van der Waals surface area contributed by atoms with E-state index >= 15 is 0 Å². The van der Waals surface area contributed by atoms with Crippen molar-refractivity contribution in [1.82, 2.24) is 14.8 Å². The molecule has 0 unspecified atom stereocenters. The van der Waals surface area contributed by atoms with E-state index in [4.69, 9.17) is 4.42 Å². The molecule has 5 aromatic rings. The van der Waals surface area contributed by atoms with E-state index in [-0.39, 0.29) is 17.3 Å². The highest BCUT2D eigenvalue weighted by Gasteiger charge is 2.20. The van der Waals surface area contributed by atoms with Crippen LogP contribution >= 0.6 is 11.8 Å². The van der Waals surface area contributed by atoms with Gasteiger partial charge >= 0.3 is 0 Å². The zero-order valence-corrected chi connectivity index (χ0v) is 18.1. The third-order valence-electron chi connectivity index (χ3n) is 5.21. The van der Waals surface area contributed by atoms with Gasteiger partial charge in [0.1, 0.15) is 17.3 Å². The third kappa shape index (κ3) is 4.38. The lowest BCUT2D eigenvalue weighted by Gasteiger charge is -2.11. The molecule has 0 atom stereocenters. The molecule has 0 amide bonds. The first-order valence-electron chi connectivity index (χ1n) is 10.2. The quantitative estimate of drug-likeness (QED) is 0.254. The van der Waals surface area contributed by atoms with Crippen molar-refractivity contribution >= 4 is 28.3 Å². The molecule has 6 nitrogen and oxygen atoms in total. The molecule has 8 heteroatoms. The highest BCUT2D eigenvalue weighted by molar-refractivity contribution is 7.99. The summed E-state index contributed by atoms with van der Waals surface area (Å²) in [5.41, 5.74) is 0.956. The van der Waals surface area contributed by atoms with Crippen LogP contribution in [0, 0.1) is 5.82 Å². The van der Waals surface area contributed by atoms with Crippen molar-refractivity contribution in [1.29, 1.82) is 0 Å². The lowest BCUT2D eigenvalue weighted by molar-refractivity contribution is 0.102. The fourth-order valence-electron chi connectivity index (χ4n) is 3.55. The monoisotopic (exact) mass is 459 g/mol. The number of carbonyl (C=O) groups is 1. The van der Waals surface area contributed by atoms with Crippen LogP contribution in [-0.4, -0.2) is 31.4 Å². The van der Waals surface area contributed by atoms with Gasteiger partial charge in [0.15, 0.2) is 16.8 Å². The number of aromatic hydroxyl groups is 1. The highest BCUT2D eigenvalue weighted by atomic mass is 32.2. The number of nitrogens with zero attached hydrogens (tertiary/aromatic N) is 3. The van der Waals surface area contributed by atoms with Crippen molar-refractivity contribution in [2.75, 3.05) is 5.75 Å². The lowest BCUT2D eigenvalue weighted by Crippen LogP contribution is -2.07. The number of furan rings is 1. The van der Waals surface area contributed by atoms with Crippen LogP contribution in [0.2, 0.25) is 0 Å². The fourth-order valence-corrected chi connectivity index (χ4v) is 4.38. The number of thioether (sulfide) groups is 1. The molecule has 0 aliphatic carbocycles. The topological polar surface area (TPSA) is 81.1 Å². The number of hydrogen-bond acceptors (Lipinski definition) is 6. The Labute approximate surface area is 192 Å². The number of phenolic OH excluding ortho intramolecular Hbond substituents is 1. The van der Waals surface area contributed by atoms with Gasteiger partial charge in [-0.1, -0.05) is 36.0 Å². The summed E-state index contributed by atoms with van der Waals surface area (Å²) in [5.74, 6) is 0.793. The van der Waals surface area contributed by atoms with Crippen molar-refractivity contribution < 1.29 is 18.7 Å². The summed E-state index contributed by atoms with van der Waals surface area (Å²) in [4.78, 5) is 12.6. The molecule has 1 N–H and O–H groups in total. The van der Waals surface area contributed by atoms with Crippen LogP contribution in [0.3, 0.4) is 0 Å². The zero-order valence-electron chi connectivity index (χ0n) is 17.3. The number of halogens is 1. The van der Waals surface area contributed by atoms with Gasteiger partial charge in [0, 0.05) is 5.56 Å². The van der Waals surface area contributed by atoms with Gasteiger partial charge < -0.3 is 9.52 Å². The Balaban J connectivity index is 1.49. The molecule has 2 aromatic heterocycles. The molecule has 0 aliphatic heterocycles. The number of ketones is 1. The van der Waals surface area contributed by atoms with Crippen LogP contribution < -0.4 is 0 Å². The van der Waals surface area contributed by atoms with Crippen LogP contribution in [0.4, 0.5) is 4.39 Å². The molecule has 3 aromatic carbocycles. The number of aromatic nitrogens is 3. The van der Waals surface area contributed by atoms with Gasteiger partial charge in [0.25, 0.3) is 0 Å². The minimum Gasteiger partial charge on any atom is -0.507 e. The van der Waals surface area contributed by atoms with Gasteiger partial charge in [0.05, 0.1) is 24.1 Å². The number of Topliss-reactive ketones (excluding diaryl/α,β-unsaturated/α-hetero) is 1. The number of benzene rings is 3. The SMILES string of the molecule is O=C(CSc1nnc(-c2cc3ccccc3cc2O)n1Cc1ccco1)c1ccc(F)cc1. The van der Waals surface area contributed by atoms with E-state index in [0.717, 1.165) is 10.8 Å². The summed E-state index contributed by atoms with van der Waals surface area (Å²) in [6.45, 7) is 0.328. The standard InChI is InChI=1S/C25H18FN3O3S/c26-19-9-7-16(8-10-19)23(31)15-33-25-28-27-24(29(25)14-20-6-3-11-32-20)21-12-17-4-1-2-5-18(17)13-22(21)30/h1-13,30H,14-15H2. The normalized spacial score (nSPS) is 11.2. The maximum Gasteiger partial charge on any atom is 0.192 e. The smallest absolute Gasteiger partial charge is 0.192 e. The van der Waals surface area contributed by atoms with Crippen LogP contribution in [0.5, 0.6) is 5.75 Å². The highest BCUT2D eigenvalue weighted by Crippen LogP contribution is 2.34. The first kappa shape index (κ1) is 21.0. The van der Waals surface area contributed by atoms with Crippen molar-refractivity contribution in [3.05, 3.63) is 96.2 Å². The second-order valence-corrected chi connectivity index (χ2v) is 8.35. The minimum absolute atomic E-state index is 0.0840. The van der Waals surface area contributed by atoms with Crippen LogP contribution in [0.1, 0.15) is 16.1 Å². The second kappa shape index (κ2) is 8.91. The number of phenols is 1. The van der Waals surface area contributed by atoms with Crippen molar-refractivity contribution in [2.24, 2.45) is 0 Å².